The van der Waals surface area contributed by atoms with Crippen LogP contribution in [0, 0.1) is 5.92 Å². The predicted molar refractivity (Wildman–Crippen MR) is 62.9 cm³/mol. The summed E-state index contributed by atoms with van der Waals surface area (Å²) >= 11 is 0. The van der Waals surface area contributed by atoms with Gasteiger partial charge in [0.05, 0.1) is 12.2 Å². The van der Waals surface area contributed by atoms with Gasteiger partial charge in [-0.2, -0.15) is 0 Å². The normalized spacial score (nSPS) is 26.2. The summed E-state index contributed by atoms with van der Waals surface area (Å²) in [5.41, 5.74) is 0. The molecular weight excluding hydrogens is 188 g/mol. The van der Waals surface area contributed by atoms with E-state index in [0.717, 1.165) is 32.3 Å². The highest BCUT2D eigenvalue weighted by molar-refractivity contribution is 4.67. The Labute approximate surface area is 94.0 Å². The zero-order valence-electron chi connectivity index (χ0n) is 10.2. The average Bonchev–Trinajstić information content (AvgIpc) is 2.27. The summed E-state index contributed by atoms with van der Waals surface area (Å²) < 4.78 is 5.65. The van der Waals surface area contributed by atoms with Gasteiger partial charge in [-0.25, -0.2) is 0 Å². The molecule has 0 spiro atoms. The third-order valence-electron chi connectivity index (χ3n) is 3.47. The van der Waals surface area contributed by atoms with Crippen molar-refractivity contribution in [1.82, 2.24) is 0 Å². The minimum Gasteiger partial charge on any atom is -0.393 e. The highest BCUT2D eigenvalue weighted by atomic mass is 16.5. The highest BCUT2D eigenvalue weighted by Gasteiger charge is 2.16. The van der Waals surface area contributed by atoms with Crippen LogP contribution >= 0.6 is 0 Å². The predicted octanol–water partition coefficient (Wildman–Crippen LogP) is 3.13. The summed E-state index contributed by atoms with van der Waals surface area (Å²) in [6, 6.07) is 0. The minimum atomic E-state index is -0.120. The van der Waals surface area contributed by atoms with Crippen molar-refractivity contribution in [2.75, 3.05) is 6.61 Å². The first-order valence-corrected chi connectivity index (χ1v) is 6.52. The SMILES string of the molecule is CCC(C)CC(O)CCC1CCCCO1. The molecule has 1 N–H and O–H groups in total. The van der Waals surface area contributed by atoms with E-state index in [0.29, 0.717) is 12.0 Å². The topological polar surface area (TPSA) is 29.5 Å². The Morgan fingerprint density at radius 3 is 2.80 bits per heavy atom. The lowest BCUT2D eigenvalue weighted by Crippen LogP contribution is -2.21. The Kier molecular flexibility index (Phi) is 6.26. The maximum Gasteiger partial charge on any atom is 0.0576 e. The molecule has 0 aromatic rings. The lowest BCUT2D eigenvalue weighted by molar-refractivity contribution is 0.000693. The molecule has 1 heterocycles. The van der Waals surface area contributed by atoms with Crippen molar-refractivity contribution in [3.05, 3.63) is 0 Å². The van der Waals surface area contributed by atoms with Gasteiger partial charge in [-0.3, -0.25) is 0 Å². The molecular formula is C13H26O2. The summed E-state index contributed by atoms with van der Waals surface area (Å²) in [5, 5.41) is 9.83. The van der Waals surface area contributed by atoms with Gasteiger partial charge < -0.3 is 9.84 Å². The molecule has 15 heavy (non-hydrogen) atoms. The van der Waals surface area contributed by atoms with E-state index in [1.54, 1.807) is 0 Å². The molecule has 2 nitrogen and oxygen atoms in total. The lowest BCUT2D eigenvalue weighted by atomic mass is 9.96. The number of hydrogen-bond donors (Lipinski definition) is 1. The second-order valence-corrected chi connectivity index (χ2v) is 4.97. The van der Waals surface area contributed by atoms with Gasteiger partial charge in [0, 0.05) is 6.61 Å². The van der Waals surface area contributed by atoms with E-state index in [1.807, 2.05) is 0 Å². The van der Waals surface area contributed by atoms with E-state index in [1.165, 1.54) is 19.3 Å². The Morgan fingerprint density at radius 1 is 1.40 bits per heavy atom. The molecule has 1 aliphatic heterocycles. The Balaban J connectivity index is 2.07. The largest absolute Gasteiger partial charge is 0.393 e. The molecule has 0 amide bonds. The van der Waals surface area contributed by atoms with Gasteiger partial charge in [-0.05, 0) is 44.4 Å². The van der Waals surface area contributed by atoms with Gasteiger partial charge in [-0.15, -0.1) is 0 Å². The van der Waals surface area contributed by atoms with Gasteiger partial charge in [0.15, 0.2) is 0 Å². The average molecular weight is 214 g/mol. The smallest absolute Gasteiger partial charge is 0.0576 e. The van der Waals surface area contributed by atoms with Crippen LogP contribution in [0.5, 0.6) is 0 Å². The van der Waals surface area contributed by atoms with Crippen molar-refractivity contribution in [2.45, 2.75) is 71.0 Å². The quantitative estimate of drug-likeness (QED) is 0.736. The van der Waals surface area contributed by atoms with Crippen LogP contribution in [0.4, 0.5) is 0 Å². The molecule has 1 saturated heterocycles. The number of ether oxygens (including phenoxy) is 1. The van der Waals surface area contributed by atoms with Crippen molar-refractivity contribution >= 4 is 0 Å². The van der Waals surface area contributed by atoms with Crippen LogP contribution in [-0.2, 0) is 4.74 Å². The number of hydrogen-bond acceptors (Lipinski definition) is 2. The second-order valence-electron chi connectivity index (χ2n) is 4.97. The fourth-order valence-corrected chi connectivity index (χ4v) is 2.16. The van der Waals surface area contributed by atoms with Crippen molar-refractivity contribution in [2.24, 2.45) is 5.92 Å². The molecule has 0 saturated carbocycles. The summed E-state index contributed by atoms with van der Waals surface area (Å²) in [5.74, 6) is 0.646. The van der Waals surface area contributed by atoms with E-state index < -0.39 is 0 Å². The first-order valence-electron chi connectivity index (χ1n) is 6.52. The maximum atomic E-state index is 9.83. The van der Waals surface area contributed by atoms with Crippen LogP contribution in [0.25, 0.3) is 0 Å². The Bertz CT molecular complexity index is 153. The molecule has 1 rings (SSSR count). The first-order chi connectivity index (χ1) is 7.22. The molecule has 1 fully saturated rings. The maximum absolute atomic E-state index is 9.83. The Hall–Kier alpha value is -0.0800. The number of aliphatic hydroxyl groups is 1. The van der Waals surface area contributed by atoms with Crippen LogP contribution in [0.1, 0.15) is 58.8 Å². The van der Waals surface area contributed by atoms with Crippen molar-refractivity contribution in [3.63, 3.8) is 0 Å². The van der Waals surface area contributed by atoms with Gasteiger partial charge in [0.1, 0.15) is 0 Å². The molecule has 0 radical (unpaired) electrons. The van der Waals surface area contributed by atoms with Crippen LogP contribution in [0.15, 0.2) is 0 Å². The van der Waals surface area contributed by atoms with E-state index in [4.69, 9.17) is 4.74 Å². The molecule has 0 aliphatic carbocycles. The summed E-state index contributed by atoms with van der Waals surface area (Å²) in [6.45, 7) is 5.31. The third kappa shape index (κ3) is 5.53. The number of rotatable bonds is 6. The third-order valence-corrected chi connectivity index (χ3v) is 3.47. The summed E-state index contributed by atoms with van der Waals surface area (Å²) in [7, 11) is 0. The summed E-state index contributed by atoms with van der Waals surface area (Å²) in [6.07, 6.45) is 8.07. The van der Waals surface area contributed by atoms with Crippen molar-refractivity contribution in [3.8, 4) is 0 Å². The lowest BCUT2D eigenvalue weighted by Gasteiger charge is -2.24. The molecule has 0 bridgehead atoms. The standard InChI is InChI=1S/C13H26O2/c1-3-11(2)10-12(14)7-8-13-6-4-5-9-15-13/h11-14H,3-10H2,1-2H3. The molecule has 0 aromatic heterocycles. The Morgan fingerprint density at radius 2 is 2.20 bits per heavy atom. The van der Waals surface area contributed by atoms with Crippen LogP contribution in [0.2, 0.25) is 0 Å². The van der Waals surface area contributed by atoms with Gasteiger partial charge >= 0.3 is 0 Å². The monoisotopic (exact) mass is 214 g/mol. The van der Waals surface area contributed by atoms with Gasteiger partial charge in [0.2, 0.25) is 0 Å². The van der Waals surface area contributed by atoms with Crippen LogP contribution in [0.3, 0.4) is 0 Å². The molecule has 2 heteroatoms. The molecule has 3 unspecified atom stereocenters. The molecule has 3 atom stereocenters. The zero-order valence-corrected chi connectivity index (χ0v) is 10.2. The zero-order chi connectivity index (χ0) is 11.1. The van der Waals surface area contributed by atoms with E-state index >= 15 is 0 Å². The van der Waals surface area contributed by atoms with Gasteiger partial charge in [-0.1, -0.05) is 20.3 Å². The van der Waals surface area contributed by atoms with Crippen molar-refractivity contribution in [1.29, 1.82) is 0 Å². The van der Waals surface area contributed by atoms with Gasteiger partial charge in [0.25, 0.3) is 0 Å². The second kappa shape index (κ2) is 7.24. The van der Waals surface area contributed by atoms with E-state index in [-0.39, 0.29) is 6.10 Å². The first kappa shape index (κ1) is 13.0. The van der Waals surface area contributed by atoms with Crippen molar-refractivity contribution < 1.29 is 9.84 Å². The van der Waals surface area contributed by atoms with Crippen LogP contribution < -0.4 is 0 Å². The van der Waals surface area contributed by atoms with E-state index in [9.17, 15) is 5.11 Å². The van der Waals surface area contributed by atoms with E-state index in [2.05, 4.69) is 13.8 Å². The summed E-state index contributed by atoms with van der Waals surface area (Å²) in [4.78, 5) is 0. The molecule has 1 aliphatic rings. The fourth-order valence-electron chi connectivity index (χ4n) is 2.16. The highest BCUT2D eigenvalue weighted by Crippen LogP contribution is 2.20. The van der Waals surface area contributed by atoms with Crippen LogP contribution in [-0.4, -0.2) is 23.9 Å². The minimum absolute atomic E-state index is 0.120. The fraction of sp³-hybridized carbons (Fsp3) is 1.00. The number of aliphatic hydroxyl groups excluding tert-OH is 1. The molecule has 0 aromatic carbocycles. The molecule has 90 valence electrons.